The van der Waals surface area contributed by atoms with E-state index in [4.69, 9.17) is 9.88 Å². The topological polar surface area (TPSA) is 125 Å². The van der Waals surface area contributed by atoms with Gasteiger partial charge >= 0.3 is 12.6 Å². The summed E-state index contributed by atoms with van der Waals surface area (Å²) < 4.78 is 55.8. The molecule has 0 aliphatic heterocycles. The van der Waals surface area contributed by atoms with Crippen molar-refractivity contribution in [3.8, 4) is 5.75 Å². The molecular weight excluding hydrogens is 398 g/mol. The molecule has 2 aromatic carbocycles. The van der Waals surface area contributed by atoms with Crippen molar-refractivity contribution < 1.29 is 36.3 Å². The number of nitrogens with one attached hydrogen (secondary N) is 1. The summed E-state index contributed by atoms with van der Waals surface area (Å²) in [4.78, 5) is 24.0. The number of alkyl halides is 2. The maximum Gasteiger partial charge on any atom is 0.387 e. The predicted octanol–water partition coefficient (Wildman–Crippen LogP) is 2.12. The molecule has 0 bridgehead atoms. The Balaban J connectivity index is 1.95. The van der Waals surface area contributed by atoms with Crippen molar-refractivity contribution >= 4 is 27.6 Å². The maximum atomic E-state index is 12.1. The lowest BCUT2D eigenvalue weighted by Crippen LogP contribution is -2.30. The van der Waals surface area contributed by atoms with Gasteiger partial charge in [0, 0.05) is 5.69 Å². The highest BCUT2D eigenvalue weighted by Crippen LogP contribution is 2.17. The molecule has 1 atom stereocenters. The van der Waals surface area contributed by atoms with Crippen LogP contribution in [0, 0.1) is 0 Å². The lowest BCUT2D eigenvalue weighted by atomic mass is 10.2. The normalized spacial score (nSPS) is 12.3. The third kappa shape index (κ3) is 5.99. The Hall–Kier alpha value is -3.05. The largest absolute Gasteiger partial charge is 0.449 e. The van der Waals surface area contributed by atoms with Crippen LogP contribution in [0.1, 0.15) is 17.3 Å². The van der Waals surface area contributed by atoms with Gasteiger partial charge in [0.2, 0.25) is 10.0 Å². The van der Waals surface area contributed by atoms with Gasteiger partial charge in [-0.05, 0) is 55.5 Å². The summed E-state index contributed by atoms with van der Waals surface area (Å²) in [6.07, 6.45) is -1.18. The fourth-order valence-electron chi connectivity index (χ4n) is 2.03. The third-order valence-corrected chi connectivity index (χ3v) is 4.35. The molecule has 0 aromatic heterocycles. The number of anilines is 1. The van der Waals surface area contributed by atoms with E-state index in [1.165, 1.54) is 55.5 Å². The zero-order valence-electron chi connectivity index (χ0n) is 14.5. The fourth-order valence-corrected chi connectivity index (χ4v) is 2.54. The van der Waals surface area contributed by atoms with Crippen molar-refractivity contribution in [3.05, 3.63) is 54.1 Å². The standard InChI is InChI=1S/C17H16F2N2O6S/c1-10(15(22)21-12-4-8-14(9-5-12)28(20,24)25)26-16(23)11-2-6-13(7-3-11)27-17(18)19/h2-10,17H,1H3,(H,21,22)(H2,20,24,25). The summed E-state index contributed by atoms with van der Waals surface area (Å²) in [6.45, 7) is -1.65. The maximum absolute atomic E-state index is 12.1. The molecule has 0 spiro atoms. The summed E-state index contributed by atoms with van der Waals surface area (Å²) in [5.74, 6) is -1.62. The molecule has 0 aliphatic rings. The summed E-state index contributed by atoms with van der Waals surface area (Å²) in [5.41, 5.74) is 0.313. The molecule has 0 radical (unpaired) electrons. The average Bonchev–Trinajstić information content (AvgIpc) is 2.61. The molecule has 8 nitrogen and oxygen atoms in total. The molecule has 11 heteroatoms. The van der Waals surface area contributed by atoms with Crippen molar-refractivity contribution in [3.63, 3.8) is 0 Å². The van der Waals surface area contributed by atoms with E-state index >= 15 is 0 Å². The average molecular weight is 414 g/mol. The van der Waals surface area contributed by atoms with Gasteiger partial charge in [0.1, 0.15) is 5.75 Å². The van der Waals surface area contributed by atoms with E-state index < -0.39 is 34.6 Å². The second-order valence-electron chi connectivity index (χ2n) is 5.51. The molecule has 3 N–H and O–H groups in total. The number of esters is 1. The van der Waals surface area contributed by atoms with Gasteiger partial charge in [-0.25, -0.2) is 18.4 Å². The predicted molar refractivity (Wildman–Crippen MR) is 94.4 cm³/mol. The molecular formula is C17H16F2N2O6S. The minimum atomic E-state index is -3.85. The van der Waals surface area contributed by atoms with Crippen LogP contribution in [0.15, 0.2) is 53.4 Å². The summed E-state index contributed by atoms with van der Waals surface area (Å²) in [6, 6.07) is 9.85. The second kappa shape index (κ2) is 8.76. The van der Waals surface area contributed by atoms with E-state index in [1.807, 2.05) is 0 Å². The van der Waals surface area contributed by atoms with Crippen LogP contribution in [-0.2, 0) is 19.6 Å². The Labute approximate surface area is 159 Å². The Morgan fingerprint density at radius 2 is 1.61 bits per heavy atom. The van der Waals surface area contributed by atoms with E-state index in [1.54, 1.807) is 0 Å². The minimum Gasteiger partial charge on any atom is -0.449 e. The van der Waals surface area contributed by atoms with Gasteiger partial charge in [-0.3, -0.25) is 4.79 Å². The van der Waals surface area contributed by atoms with Gasteiger partial charge in [0.15, 0.2) is 6.10 Å². The molecule has 1 unspecified atom stereocenters. The van der Waals surface area contributed by atoms with Crippen LogP contribution in [0.4, 0.5) is 14.5 Å². The number of benzene rings is 2. The van der Waals surface area contributed by atoms with Crippen molar-refractivity contribution in [2.75, 3.05) is 5.32 Å². The first-order chi connectivity index (χ1) is 13.1. The van der Waals surface area contributed by atoms with Gasteiger partial charge < -0.3 is 14.8 Å². The number of sulfonamides is 1. The number of carbonyl (C=O) groups is 2. The van der Waals surface area contributed by atoms with Crippen LogP contribution >= 0.6 is 0 Å². The number of ether oxygens (including phenoxy) is 2. The van der Waals surface area contributed by atoms with Crippen LogP contribution in [0.3, 0.4) is 0 Å². The highest BCUT2D eigenvalue weighted by atomic mass is 32.2. The van der Waals surface area contributed by atoms with Crippen molar-refractivity contribution in [2.24, 2.45) is 5.14 Å². The van der Waals surface area contributed by atoms with Crippen LogP contribution in [0.25, 0.3) is 0 Å². The van der Waals surface area contributed by atoms with E-state index in [0.29, 0.717) is 0 Å². The Kier molecular flexibility index (Phi) is 6.65. The number of carbonyl (C=O) groups excluding carboxylic acids is 2. The number of rotatable bonds is 7. The molecule has 2 aromatic rings. The van der Waals surface area contributed by atoms with Crippen LogP contribution in [-0.4, -0.2) is 33.0 Å². The molecule has 0 saturated carbocycles. The fraction of sp³-hybridized carbons (Fsp3) is 0.176. The lowest BCUT2D eigenvalue weighted by Gasteiger charge is -2.14. The number of primary sulfonamides is 1. The van der Waals surface area contributed by atoms with Crippen LogP contribution in [0.5, 0.6) is 5.75 Å². The summed E-state index contributed by atoms with van der Waals surface area (Å²) in [7, 11) is -3.85. The van der Waals surface area contributed by atoms with Crippen molar-refractivity contribution in [2.45, 2.75) is 24.5 Å². The quantitative estimate of drug-likeness (QED) is 0.669. The second-order valence-corrected chi connectivity index (χ2v) is 7.07. The summed E-state index contributed by atoms with van der Waals surface area (Å²) in [5, 5.41) is 7.43. The van der Waals surface area contributed by atoms with Crippen LogP contribution in [0.2, 0.25) is 0 Å². The van der Waals surface area contributed by atoms with Gasteiger partial charge in [0.25, 0.3) is 5.91 Å². The SMILES string of the molecule is CC(OC(=O)c1ccc(OC(F)F)cc1)C(=O)Nc1ccc(S(N)(=O)=O)cc1. The molecule has 0 heterocycles. The van der Waals surface area contributed by atoms with Crippen molar-refractivity contribution in [1.29, 1.82) is 0 Å². The first kappa shape index (κ1) is 21.3. The summed E-state index contributed by atoms with van der Waals surface area (Å²) >= 11 is 0. The number of nitrogens with two attached hydrogens (primary N) is 1. The number of halogens is 2. The molecule has 1 amide bonds. The minimum absolute atomic E-state index is 0.0405. The number of amides is 1. The third-order valence-electron chi connectivity index (χ3n) is 3.42. The van der Waals surface area contributed by atoms with Crippen molar-refractivity contribution in [1.82, 2.24) is 0 Å². The number of hydrogen-bond acceptors (Lipinski definition) is 6. The van der Waals surface area contributed by atoms with E-state index in [9.17, 15) is 26.8 Å². The van der Waals surface area contributed by atoms with Gasteiger partial charge in [-0.15, -0.1) is 0 Å². The monoisotopic (exact) mass is 414 g/mol. The van der Waals surface area contributed by atoms with Crippen LogP contribution < -0.4 is 15.2 Å². The highest BCUT2D eigenvalue weighted by Gasteiger charge is 2.19. The Morgan fingerprint density at radius 1 is 1.04 bits per heavy atom. The first-order valence-electron chi connectivity index (χ1n) is 7.76. The molecule has 0 aliphatic carbocycles. The zero-order chi connectivity index (χ0) is 20.9. The van der Waals surface area contributed by atoms with E-state index in [-0.39, 0.29) is 21.9 Å². The van der Waals surface area contributed by atoms with Gasteiger partial charge in [0.05, 0.1) is 10.5 Å². The number of hydrogen-bond donors (Lipinski definition) is 2. The van der Waals surface area contributed by atoms with E-state index in [0.717, 1.165) is 0 Å². The molecule has 2 rings (SSSR count). The molecule has 150 valence electrons. The molecule has 28 heavy (non-hydrogen) atoms. The lowest BCUT2D eigenvalue weighted by molar-refractivity contribution is -0.123. The van der Waals surface area contributed by atoms with Gasteiger partial charge in [-0.1, -0.05) is 0 Å². The highest BCUT2D eigenvalue weighted by molar-refractivity contribution is 7.89. The smallest absolute Gasteiger partial charge is 0.387 e. The Bertz CT molecular complexity index is 947. The first-order valence-corrected chi connectivity index (χ1v) is 9.30. The van der Waals surface area contributed by atoms with Gasteiger partial charge in [-0.2, -0.15) is 8.78 Å². The van der Waals surface area contributed by atoms with E-state index in [2.05, 4.69) is 10.1 Å². The molecule has 0 fully saturated rings. The zero-order valence-corrected chi connectivity index (χ0v) is 15.3. The molecule has 0 saturated heterocycles. The Morgan fingerprint density at radius 3 is 2.11 bits per heavy atom.